The van der Waals surface area contributed by atoms with E-state index in [9.17, 15) is 4.79 Å². The fourth-order valence-corrected chi connectivity index (χ4v) is 4.56. The maximum Gasteiger partial charge on any atom is 0.318 e. The summed E-state index contributed by atoms with van der Waals surface area (Å²) < 4.78 is 0. The molecule has 6 heteroatoms. The van der Waals surface area contributed by atoms with Crippen LogP contribution < -0.4 is 10.2 Å². The topological polar surface area (TPSA) is 61.4 Å². The number of likely N-dealkylation sites (tertiary alicyclic amines) is 1. The summed E-state index contributed by atoms with van der Waals surface area (Å²) in [7, 11) is 0. The zero-order valence-corrected chi connectivity index (χ0v) is 17.5. The molecule has 2 aliphatic heterocycles. The largest absolute Gasteiger partial charge is 0.356 e. The summed E-state index contributed by atoms with van der Waals surface area (Å²) in [6.45, 7) is 6.90. The molecule has 2 saturated heterocycles. The van der Waals surface area contributed by atoms with Gasteiger partial charge < -0.3 is 15.1 Å². The fourth-order valence-electron chi connectivity index (χ4n) is 4.56. The summed E-state index contributed by atoms with van der Waals surface area (Å²) >= 11 is 0. The van der Waals surface area contributed by atoms with Crippen molar-refractivity contribution in [1.82, 2.24) is 20.2 Å². The van der Waals surface area contributed by atoms with Crippen molar-refractivity contribution >= 4 is 11.8 Å². The van der Waals surface area contributed by atoms with Gasteiger partial charge in [-0.15, -0.1) is 0 Å². The van der Waals surface area contributed by atoms with Gasteiger partial charge in [-0.3, -0.25) is 0 Å². The third kappa shape index (κ3) is 4.36. The fraction of sp³-hybridized carbons (Fsp3) is 0.522. The van der Waals surface area contributed by atoms with Gasteiger partial charge in [0.25, 0.3) is 0 Å². The Morgan fingerprint density at radius 3 is 2.69 bits per heavy atom. The van der Waals surface area contributed by atoms with Crippen LogP contribution >= 0.6 is 0 Å². The van der Waals surface area contributed by atoms with Crippen LogP contribution in [0.15, 0.2) is 36.7 Å². The predicted molar refractivity (Wildman–Crippen MR) is 115 cm³/mol. The van der Waals surface area contributed by atoms with E-state index >= 15 is 0 Å². The Hall–Kier alpha value is -2.63. The molecular formula is C23H31N5O. The Labute approximate surface area is 173 Å². The SMILES string of the molecule is CCc1cc(N2CCC(NC(=O)N3CCCC3c3ccccc3C)CC2)ncn1. The van der Waals surface area contributed by atoms with Crippen molar-refractivity contribution in [2.45, 2.75) is 58.0 Å². The van der Waals surface area contributed by atoms with E-state index in [0.717, 1.165) is 63.3 Å². The van der Waals surface area contributed by atoms with Gasteiger partial charge in [-0.1, -0.05) is 31.2 Å². The zero-order valence-electron chi connectivity index (χ0n) is 17.5. The van der Waals surface area contributed by atoms with Crippen molar-refractivity contribution in [2.75, 3.05) is 24.5 Å². The number of hydrogen-bond acceptors (Lipinski definition) is 4. The first-order valence-electron chi connectivity index (χ1n) is 10.8. The molecule has 0 spiro atoms. The van der Waals surface area contributed by atoms with E-state index in [-0.39, 0.29) is 18.1 Å². The van der Waals surface area contributed by atoms with E-state index < -0.39 is 0 Å². The van der Waals surface area contributed by atoms with Gasteiger partial charge in [-0.05, 0) is 50.2 Å². The van der Waals surface area contributed by atoms with Crippen LogP contribution in [-0.4, -0.2) is 46.6 Å². The number of nitrogens with one attached hydrogen (secondary N) is 1. The Morgan fingerprint density at radius 2 is 1.93 bits per heavy atom. The number of piperidine rings is 1. The summed E-state index contributed by atoms with van der Waals surface area (Å²) in [6, 6.07) is 11.0. The quantitative estimate of drug-likeness (QED) is 0.857. The second-order valence-electron chi connectivity index (χ2n) is 8.14. The van der Waals surface area contributed by atoms with Crippen LogP contribution in [0.3, 0.4) is 0 Å². The summed E-state index contributed by atoms with van der Waals surface area (Å²) in [4.78, 5) is 26.1. The van der Waals surface area contributed by atoms with Gasteiger partial charge in [-0.25, -0.2) is 14.8 Å². The lowest BCUT2D eigenvalue weighted by Gasteiger charge is -2.35. The monoisotopic (exact) mass is 393 g/mol. The number of aromatic nitrogens is 2. The van der Waals surface area contributed by atoms with E-state index in [1.54, 1.807) is 6.33 Å². The highest BCUT2D eigenvalue weighted by molar-refractivity contribution is 5.75. The third-order valence-electron chi connectivity index (χ3n) is 6.28. The molecule has 0 saturated carbocycles. The molecule has 29 heavy (non-hydrogen) atoms. The first kappa shape index (κ1) is 19.7. The maximum absolute atomic E-state index is 13.0. The van der Waals surface area contributed by atoms with E-state index in [1.165, 1.54) is 11.1 Å². The van der Waals surface area contributed by atoms with Crippen LogP contribution in [0, 0.1) is 6.92 Å². The number of rotatable bonds is 4. The number of carbonyl (C=O) groups is 1. The molecule has 1 aromatic carbocycles. The van der Waals surface area contributed by atoms with Crippen molar-refractivity contribution < 1.29 is 4.79 Å². The summed E-state index contributed by atoms with van der Waals surface area (Å²) in [5.41, 5.74) is 3.62. The minimum Gasteiger partial charge on any atom is -0.356 e. The molecule has 2 aromatic rings. The van der Waals surface area contributed by atoms with Crippen LogP contribution in [0.4, 0.5) is 10.6 Å². The summed E-state index contributed by atoms with van der Waals surface area (Å²) in [5, 5.41) is 3.30. The third-order valence-corrected chi connectivity index (χ3v) is 6.28. The molecule has 0 bridgehead atoms. The van der Waals surface area contributed by atoms with Crippen LogP contribution in [0.2, 0.25) is 0 Å². The molecule has 0 aliphatic carbocycles. The molecule has 2 amide bonds. The average Bonchev–Trinajstić information content (AvgIpc) is 3.24. The summed E-state index contributed by atoms with van der Waals surface area (Å²) in [5.74, 6) is 1.00. The zero-order chi connectivity index (χ0) is 20.2. The first-order valence-corrected chi connectivity index (χ1v) is 10.8. The lowest BCUT2D eigenvalue weighted by atomic mass is 9.99. The normalized spacial score (nSPS) is 20.1. The van der Waals surface area contributed by atoms with Crippen molar-refractivity contribution in [2.24, 2.45) is 0 Å². The molecule has 1 unspecified atom stereocenters. The van der Waals surface area contributed by atoms with Gasteiger partial charge in [0, 0.05) is 37.4 Å². The van der Waals surface area contributed by atoms with E-state index in [2.05, 4.69) is 64.4 Å². The highest BCUT2D eigenvalue weighted by atomic mass is 16.2. The molecular weight excluding hydrogens is 362 g/mol. The number of nitrogens with zero attached hydrogens (tertiary/aromatic N) is 4. The standard InChI is InChI=1S/C23H31N5O/c1-3-18-15-22(25-16-24-18)27-13-10-19(11-14-27)26-23(29)28-12-6-9-21(28)20-8-5-4-7-17(20)2/h4-5,7-8,15-16,19,21H,3,6,9-14H2,1-2H3,(H,26,29). The number of amides is 2. The average molecular weight is 394 g/mol. The first-order chi connectivity index (χ1) is 14.2. The number of benzene rings is 1. The van der Waals surface area contributed by atoms with Crippen LogP contribution in [0.1, 0.15) is 55.5 Å². The predicted octanol–water partition coefficient (Wildman–Crippen LogP) is 3.86. The molecule has 0 radical (unpaired) electrons. The van der Waals surface area contributed by atoms with Crippen LogP contribution in [-0.2, 0) is 6.42 Å². The molecule has 1 N–H and O–H groups in total. The molecule has 3 heterocycles. The Bertz CT molecular complexity index is 847. The number of hydrogen-bond donors (Lipinski definition) is 1. The Morgan fingerprint density at radius 1 is 1.14 bits per heavy atom. The number of urea groups is 1. The number of anilines is 1. The molecule has 1 atom stereocenters. The van der Waals surface area contributed by atoms with Crippen molar-refractivity contribution in [3.63, 3.8) is 0 Å². The molecule has 1 aromatic heterocycles. The van der Waals surface area contributed by atoms with Gasteiger partial charge in [0.05, 0.1) is 6.04 Å². The molecule has 6 nitrogen and oxygen atoms in total. The highest BCUT2D eigenvalue weighted by Crippen LogP contribution is 2.33. The molecule has 2 fully saturated rings. The van der Waals surface area contributed by atoms with Crippen molar-refractivity contribution in [3.05, 3.63) is 53.5 Å². The van der Waals surface area contributed by atoms with E-state index in [4.69, 9.17) is 0 Å². The minimum atomic E-state index is 0.0875. The highest BCUT2D eigenvalue weighted by Gasteiger charge is 2.32. The lowest BCUT2D eigenvalue weighted by molar-refractivity contribution is 0.186. The maximum atomic E-state index is 13.0. The van der Waals surface area contributed by atoms with E-state index in [1.807, 2.05) is 4.90 Å². The second-order valence-corrected chi connectivity index (χ2v) is 8.14. The minimum absolute atomic E-state index is 0.0875. The van der Waals surface area contributed by atoms with Gasteiger partial charge in [0.1, 0.15) is 12.1 Å². The lowest BCUT2D eigenvalue weighted by Crippen LogP contribution is -2.49. The van der Waals surface area contributed by atoms with Gasteiger partial charge >= 0.3 is 6.03 Å². The number of aryl methyl sites for hydroxylation is 2. The molecule has 4 rings (SSSR count). The van der Waals surface area contributed by atoms with Crippen molar-refractivity contribution in [1.29, 1.82) is 0 Å². The van der Waals surface area contributed by atoms with Gasteiger partial charge in [-0.2, -0.15) is 0 Å². The van der Waals surface area contributed by atoms with E-state index in [0.29, 0.717) is 0 Å². The molecule has 2 aliphatic rings. The van der Waals surface area contributed by atoms with Crippen LogP contribution in [0.5, 0.6) is 0 Å². The second kappa shape index (κ2) is 8.80. The van der Waals surface area contributed by atoms with Crippen molar-refractivity contribution in [3.8, 4) is 0 Å². The number of carbonyl (C=O) groups excluding carboxylic acids is 1. The Kier molecular flexibility index (Phi) is 5.97. The van der Waals surface area contributed by atoms with Gasteiger partial charge in [0.15, 0.2) is 0 Å². The van der Waals surface area contributed by atoms with Gasteiger partial charge in [0.2, 0.25) is 0 Å². The summed E-state index contributed by atoms with van der Waals surface area (Å²) in [6.07, 6.45) is 6.57. The molecule has 154 valence electrons. The van der Waals surface area contributed by atoms with Crippen LogP contribution in [0.25, 0.3) is 0 Å². The smallest absolute Gasteiger partial charge is 0.318 e. The Balaban J connectivity index is 1.34.